The molecule has 0 atom stereocenters. The molecule has 0 bridgehead atoms. The highest BCUT2D eigenvalue weighted by atomic mass is 16.5. The number of nitrogens with zero attached hydrogens (tertiary/aromatic N) is 4. The molecule has 6 nitrogen and oxygen atoms in total. The van der Waals surface area contributed by atoms with E-state index in [0.29, 0.717) is 24.9 Å². The van der Waals surface area contributed by atoms with Crippen LogP contribution in [0.3, 0.4) is 0 Å². The van der Waals surface area contributed by atoms with Crippen LogP contribution in [-0.4, -0.2) is 27.3 Å². The number of aromatic nitrogens is 3. The van der Waals surface area contributed by atoms with Gasteiger partial charge in [-0.3, -0.25) is 4.90 Å². The minimum absolute atomic E-state index is 0.507. The van der Waals surface area contributed by atoms with Crippen molar-refractivity contribution in [2.75, 3.05) is 7.05 Å². The Balaban J connectivity index is 1.55. The standard InChI is InChI=1S/C13H18N4O2/c1-3-10-6-11(19-16-10)7-17(2)8-12-14-15-13(18-12)9-4-5-9/h6,9H,3-5,7-8H2,1-2H3. The lowest BCUT2D eigenvalue weighted by atomic mass is 10.3. The summed E-state index contributed by atoms with van der Waals surface area (Å²) in [4.78, 5) is 2.07. The minimum atomic E-state index is 0.507. The molecule has 2 aromatic rings. The maximum absolute atomic E-state index is 5.63. The van der Waals surface area contributed by atoms with Crippen molar-refractivity contribution < 1.29 is 8.94 Å². The van der Waals surface area contributed by atoms with Gasteiger partial charge in [-0.05, 0) is 26.3 Å². The quantitative estimate of drug-likeness (QED) is 0.794. The normalized spacial score (nSPS) is 15.3. The van der Waals surface area contributed by atoms with Gasteiger partial charge in [0.1, 0.15) is 0 Å². The van der Waals surface area contributed by atoms with Crippen molar-refractivity contribution in [2.45, 2.75) is 45.2 Å². The summed E-state index contributed by atoms with van der Waals surface area (Å²) in [6, 6.07) is 1.99. The van der Waals surface area contributed by atoms with Crippen LogP contribution in [0.2, 0.25) is 0 Å². The van der Waals surface area contributed by atoms with E-state index in [1.54, 1.807) is 0 Å². The smallest absolute Gasteiger partial charge is 0.230 e. The lowest BCUT2D eigenvalue weighted by Crippen LogP contribution is -2.17. The Hall–Kier alpha value is -1.69. The predicted molar refractivity (Wildman–Crippen MR) is 67.3 cm³/mol. The summed E-state index contributed by atoms with van der Waals surface area (Å²) < 4.78 is 10.9. The second-order valence-corrected chi connectivity index (χ2v) is 5.12. The van der Waals surface area contributed by atoms with Crippen molar-refractivity contribution in [2.24, 2.45) is 0 Å². The van der Waals surface area contributed by atoms with Crippen molar-refractivity contribution in [1.29, 1.82) is 0 Å². The van der Waals surface area contributed by atoms with Gasteiger partial charge in [-0.2, -0.15) is 0 Å². The summed E-state index contributed by atoms with van der Waals surface area (Å²) in [7, 11) is 2.00. The van der Waals surface area contributed by atoms with Gasteiger partial charge >= 0.3 is 0 Å². The lowest BCUT2D eigenvalue weighted by molar-refractivity contribution is 0.242. The Morgan fingerprint density at radius 3 is 2.84 bits per heavy atom. The Morgan fingerprint density at radius 1 is 1.32 bits per heavy atom. The number of hydrogen-bond acceptors (Lipinski definition) is 6. The molecule has 0 unspecified atom stereocenters. The van der Waals surface area contributed by atoms with E-state index in [-0.39, 0.29) is 0 Å². The molecule has 0 aliphatic heterocycles. The van der Waals surface area contributed by atoms with Crippen molar-refractivity contribution in [3.63, 3.8) is 0 Å². The zero-order chi connectivity index (χ0) is 13.2. The third kappa shape index (κ3) is 3.01. The highest BCUT2D eigenvalue weighted by Crippen LogP contribution is 2.39. The summed E-state index contributed by atoms with van der Waals surface area (Å²) in [6.45, 7) is 3.37. The number of hydrogen-bond donors (Lipinski definition) is 0. The van der Waals surface area contributed by atoms with Crippen LogP contribution in [0.15, 0.2) is 15.0 Å². The average molecular weight is 262 g/mol. The third-order valence-electron chi connectivity index (χ3n) is 3.21. The molecular weight excluding hydrogens is 244 g/mol. The van der Waals surface area contributed by atoms with E-state index in [1.165, 1.54) is 12.8 Å². The molecule has 3 rings (SSSR count). The predicted octanol–water partition coefficient (Wildman–Crippen LogP) is 2.13. The largest absolute Gasteiger partial charge is 0.424 e. The van der Waals surface area contributed by atoms with Crippen molar-refractivity contribution in [3.05, 3.63) is 29.3 Å². The molecule has 0 aromatic carbocycles. The Labute approximate surface area is 111 Å². The van der Waals surface area contributed by atoms with E-state index >= 15 is 0 Å². The topological polar surface area (TPSA) is 68.2 Å². The van der Waals surface area contributed by atoms with Crippen LogP contribution in [-0.2, 0) is 19.5 Å². The maximum atomic E-state index is 5.63. The highest BCUT2D eigenvalue weighted by Gasteiger charge is 2.29. The molecule has 1 aliphatic rings. The fourth-order valence-electron chi connectivity index (χ4n) is 1.98. The van der Waals surface area contributed by atoms with Gasteiger partial charge < -0.3 is 8.94 Å². The second-order valence-electron chi connectivity index (χ2n) is 5.12. The summed E-state index contributed by atoms with van der Waals surface area (Å²) in [5.74, 6) is 2.82. The molecule has 0 radical (unpaired) electrons. The zero-order valence-electron chi connectivity index (χ0n) is 11.3. The molecule has 0 spiro atoms. The number of aryl methyl sites for hydroxylation is 1. The molecule has 19 heavy (non-hydrogen) atoms. The fraction of sp³-hybridized carbons (Fsp3) is 0.615. The van der Waals surface area contributed by atoms with Gasteiger partial charge in [-0.1, -0.05) is 12.1 Å². The van der Waals surface area contributed by atoms with Crippen LogP contribution in [0.4, 0.5) is 0 Å². The SMILES string of the molecule is CCc1cc(CN(C)Cc2nnc(C3CC3)o2)on1. The molecular formula is C13H18N4O2. The summed E-state index contributed by atoms with van der Waals surface area (Å²) in [5, 5.41) is 12.1. The first-order valence-electron chi connectivity index (χ1n) is 6.70. The van der Waals surface area contributed by atoms with E-state index < -0.39 is 0 Å². The zero-order valence-corrected chi connectivity index (χ0v) is 11.3. The van der Waals surface area contributed by atoms with Crippen LogP contribution in [0.1, 0.15) is 48.9 Å². The first-order valence-corrected chi connectivity index (χ1v) is 6.70. The van der Waals surface area contributed by atoms with Crippen LogP contribution in [0.25, 0.3) is 0 Å². The van der Waals surface area contributed by atoms with Gasteiger partial charge in [0.25, 0.3) is 0 Å². The molecule has 1 aliphatic carbocycles. The highest BCUT2D eigenvalue weighted by molar-refractivity contribution is 5.05. The average Bonchev–Trinajstić information content (AvgIpc) is 2.98. The van der Waals surface area contributed by atoms with E-state index in [2.05, 4.69) is 27.2 Å². The van der Waals surface area contributed by atoms with E-state index in [0.717, 1.165) is 23.8 Å². The molecule has 2 aromatic heterocycles. The van der Waals surface area contributed by atoms with Gasteiger partial charge in [0.05, 0.1) is 18.8 Å². The van der Waals surface area contributed by atoms with Crippen molar-refractivity contribution in [1.82, 2.24) is 20.3 Å². The van der Waals surface area contributed by atoms with Gasteiger partial charge in [0.2, 0.25) is 11.8 Å². The Morgan fingerprint density at radius 2 is 2.16 bits per heavy atom. The lowest BCUT2D eigenvalue weighted by Gasteiger charge is -2.11. The van der Waals surface area contributed by atoms with Crippen molar-refractivity contribution in [3.8, 4) is 0 Å². The molecule has 102 valence electrons. The number of rotatable bonds is 6. The van der Waals surface area contributed by atoms with Crippen LogP contribution < -0.4 is 0 Å². The molecule has 0 amide bonds. The first kappa shape index (κ1) is 12.3. The summed E-state index contributed by atoms with van der Waals surface area (Å²) in [5.41, 5.74) is 0.984. The van der Waals surface area contributed by atoms with Crippen LogP contribution in [0, 0.1) is 0 Å². The van der Waals surface area contributed by atoms with Crippen molar-refractivity contribution >= 4 is 0 Å². The molecule has 2 heterocycles. The molecule has 0 saturated heterocycles. The van der Waals surface area contributed by atoms with Gasteiger partial charge in [0.15, 0.2) is 5.76 Å². The molecule has 6 heteroatoms. The molecule has 0 N–H and O–H groups in total. The summed E-state index contributed by atoms with van der Waals surface area (Å²) >= 11 is 0. The van der Waals surface area contributed by atoms with Crippen LogP contribution in [0.5, 0.6) is 0 Å². The van der Waals surface area contributed by atoms with E-state index in [4.69, 9.17) is 8.94 Å². The Kier molecular flexibility index (Phi) is 3.33. The van der Waals surface area contributed by atoms with Gasteiger partial charge in [0, 0.05) is 12.0 Å². The Bertz CT molecular complexity index is 544. The first-order chi connectivity index (χ1) is 9.24. The molecule has 1 fully saturated rings. The van der Waals surface area contributed by atoms with Gasteiger partial charge in [-0.25, -0.2) is 0 Å². The minimum Gasteiger partial charge on any atom is -0.424 e. The summed E-state index contributed by atoms with van der Waals surface area (Å²) in [6.07, 6.45) is 3.24. The van der Waals surface area contributed by atoms with Crippen LogP contribution >= 0.6 is 0 Å². The second kappa shape index (κ2) is 5.13. The monoisotopic (exact) mass is 262 g/mol. The van der Waals surface area contributed by atoms with Gasteiger partial charge in [-0.15, -0.1) is 10.2 Å². The van der Waals surface area contributed by atoms with E-state index in [1.807, 2.05) is 13.1 Å². The fourth-order valence-corrected chi connectivity index (χ4v) is 1.98. The third-order valence-corrected chi connectivity index (χ3v) is 3.21. The molecule has 1 saturated carbocycles. The maximum Gasteiger partial charge on any atom is 0.230 e. The van der Waals surface area contributed by atoms with E-state index in [9.17, 15) is 0 Å².